The molecule has 0 aromatic heterocycles. The first-order valence-electron chi connectivity index (χ1n) is 16.2. The molecule has 6 heteroatoms. The largest absolute Gasteiger partial charge is 0.355 e. The number of carbonyl (C=O) groups is 1. The monoisotopic (exact) mass is 557 g/mol. The van der Waals surface area contributed by atoms with E-state index >= 15 is 0 Å². The summed E-state index contributed by atoms with van der Waals surface area (Å²) < 4.78 is 14.6. The van der Waals surface area contributed by atoms with Gasteiger partial charge in [-0.1, -0.05) is 116 Å². The Morgan fingerprint density at radius 3 is 2.11 bits per heavy atom. The lowest BCUT2D eigenvalue weighted by molar-refractivity contribution is -0.111. The summed E-state index contributed by atoms with van der Waals surface area (Å²) in [5, 5.41) is 0.412. The van der Waals surface area contributed by atoms with Gasteiger partial charge < -0.3 is 14.0 Å². The molecule has 1 aliphatic heterocycles. The highest BCUT2D eigenvalue weighted by atomic mass is 32.2. The summed E-state index contributed by atoms with van der Waals surface area (Å²) in [6, 6.07) is 0. The highest BCUT2D eigenvalue weighted by Gasteiger charge is 2.21. The fourth-order valence-corrected chi connectivity index (χ4v) is 8.32. The molecule has 0 aliphatic carbocycles. The van der Waals surface area contributed by atoms with Crippen LogP contribution in [0, 0.1) is 0 Å². The Hall–Kier alpha value is 0.117. The maximum Gasteiger partial charge on any atom is 0.188 e. The van der Waals surface area contributed by atoms with Crippen LogP contribution in [0.25, 0.3) is 0 Å². The van der Waals surface area contributed by atoms with E-state index in [1.807, 2.05) is 0 Å². The first kappa shape index (κ1) is 35.1. The molecular weight excluding hydrogens is 494 g/mol. The summed E-state index contributed by atoms with van der Waals surface area (Å²) in [4.78, 5) is 12.1. The van der Waals surface area contributed by atoms with Crippen molar-refractivity contribution < 1.29 is 14.3 Å². The molecule has 1 aliphatic rings. The molecule has 37 heavy (non-hydrogen) atoms. The van der Waals surface area contributed by atoms with Crippen LogP contribution in [0.2, 0.25) is 5.54 Å². The van der Waals surface area contributed by atoms with Crippen molar-refractivity contribution in [3.8, 4) is 0 Å². The van der Waals surface area contributed by atoms with E-state index in [1.165, 1.54) is 116 Å². The Morgan fingerprint density at radius 1 is 0.811 bits per heavy atom. The number of rotatable bonds is 24. The van der Waals surface area contributed by atoms with Crippen molar-refractivity contribution in [2.24, 2.45) is 0 Å². The van der Waals surface area contributed by atoms with E-state index in [9.17, 15) is 4.79 Å². The van der Waals surface area contributed by atoms with Gasteiger partial charge in [0.25, 0.3) is 0 Å². The summed E-state index contributed by atoms with van der Waals surface area (Å²) in [5.74, 6) is 1.01. The minimum atomic E-state index is -0.195. The van der Waals surface area contributed by atoms with E-state index in [-0.39, 0.29) is 9.68 Å². The van der Waals surface area contributed by atoms with Gasteiger partial charge in [0, 0.05) is 18.8 Å². The van der Waals surface area contributed by atoms with Crippen LogP contribution in [0.3, 0.4) is 0 Å². The van der Waals surface area contributed by atoms with E-state index in [0.717, 1.165) is 43.7 Å². The summed E-state index contributed by atoms with van der Waals surface area (Å²) in [7, 11) is 2.11. The van der Waals surface area contributed by atoms with Crippen LogP contribution in [-0.4, -0.2) is 58.2 Å². The van der Waals surface area contributed by atoms with Crippen molar-refractivity contribution in [3.05, 3.63) is 0 Å². The molecule has 2 atom stereocenters. The number of hydrogen-bond donors (Lipinski definition) is 0. The van der Waals surface area contributed by atoms with Gasteiger partial charge in [0.15, 0.2) is 5.12 Å². The van der Waals surface area contributed by atoms with Crippen LogP contribution in [0.5, 0.6) is 0 Å². The lowest BCUT2D eigenvalue weighted by atomic mass is 10.1. The standard InChI is InChI=1S/C31H63NO3SSi/c1-4-6-8-10-11-12-13-14-16-18-26-34-28-35-29-22-23-30(37-32(3)25-24-29)20-19-27-36-31(33)21-17-15-9-7-5-2/h29-30H,4-28,37H2,1-3H3. The molecule has 0 aromatic rings. The van der Waals surface area contributed by atoms with Gasteiger partial charge in [-0.3, -0.25) is 4.79 Å². The minimum absolute atomic E-state index is 0.195. The van der Waals surface area contributed by atoms with Crippen molar-refractivity contribution in [2.45, 2.75) is 160 Å². The van der Waals surface area contributed by atoms with Crippen LogP contribution in [0.1, 0.15) is 149 Å². The molecule has 0 aromatic carbocycles. The zero-order valence-electron chi connectivity index (χ0n) is 25.1. The Balaban J connectivity index is 2.02. The molecule has 1 fully saturated rings. The molecule has 2 unspecified atom stereocenters. The third-order valence-corrected chi connectivity index (χ3v) is 11.1. The highest BCUT2D eigenvalue weighted by molar-refractivity contribution is 8.13. The number of thioether (sulfide) groups is 1. The van der Waals surface area contributed by atoms with Gasteiger partial charge in [0.2, 0.25) is 0 Å². The topological polar surface area (TPSA) is 38.8 Å². The molecule has 1 heterocycles. The first-order chi connectivity index (χ1) is 18.2. The number of unbranched alkanes of at least 4 members (excludes halogenated alkanes) is 13. The summed E-state index contributed by atoms with van der Waals surface area (Å²) in [6.07, 6.45) is 27.0. The van der Waals surface area contributed by atoms with Crippen molar-refractivity contribution >= 4 is 26.6 Å². The van der Waals surface area contributed by atoms with Crippen LogP contribution >= 0.6 is 11.8 Å². The Morgan fingerprint density at radius 2 is 1.43 bits per heavy atom. The van der Waals surface area contributed by atoms with Crippen LogP contribution < -0.4 is 0 Å². The molecule has 1 saturated heterocycles. The molecule has 4 nitrogen and oxygen atoms in total. The van der Waals surface area contributed by atoms with Crippen LogP contribution in [0.4, 0.5) is 0 Å². The normalized spacial score (nSPS) is 19.8. The fraction of sp³-hybridized carbons (Fsp3) is 0.968. The summed E-state index contributed by atoms with van der Waals surface area (Å²) >= 11 is 1.59. The quantitative estimate of drug-likeness (QED) is 0.0674. The van der Waals surface area contributed by atoms with Gasteiger partial charge in [-0.2, -0.15) is 0 Å². The Labute approximate surface area is 238 Å². The maximum atomic E-state index is 12.1. The predicted molar refractivity (Wildman–Crippen MR) is 166 cm³/mol. The van der Waals surface area contributed by atoms with Gasteiger partial charge in [0.1, 0.15) is 6.79 Å². The lowest BCUT2D eigenvalue weighted by Crippen LogP contribution is -2.34. The van der Waals surface area contributed by atoms with Crippen molar-refractivity contribution in [1.29, 1.82) is 0 Å². The first-order valence-corrected chi connectivity index (χ1v) is 18.6. The fourth-order valence-electron chi connectivity index (χ4n) is 5.35. The van der Waals surface area contributed by atoms with Gasteiger partial charge >= 0.3 is 0 Å². The van der Waals surface area contributed by atoms with Crippen molar-refractivity contribution in [3.63, 3.8) is 0 Å². The second-order valence-corrected chi connectivity index (χ2v) is 15.3. The molecule has 0 radical (unpaired) electrons. The number of nitrogens with zero attached hydrogens (tertiary/aromatic N) is 1. The van der Waals surface area contributed by atoms with E-state index in [2.05, 4.69) is 25.5 Å². The second kappa shape index (κ2) is 26.3. The number of carbonyl (C=O) groups excluding carboxylic acids is 1. The van der Waals surface area contributed by atoms with E-state index < -0.39 is 0 Å². The molecule has 0 bridgehead atoms. The highest BCUT2D eigenvalue weighted by Crippen LogP contribution is 2.26. The zero-order chi connectivity index (χ0) is 26.8. The Bertz CT molecular complexity index is 511. The van der Waals surface area contributed by atoms with Gasteiger partial charge in [-0.25, -0.2) is 0 Å². The number of ether oxygens (including phenoxy) is 2. The molecule has 0 N–H and O–H groups in total. The average molecular weight is 558 g/mol. The van der Waals surface area contributed by atoms with Crippen LogP contribution in [0.15, 0.2) is 0 Å². The van der Waals surface area contributed by atoms with E-state index in [0.29, 0.717) is 18.0 Å². The molecule has 1 rings (SSSR count). The van der Waals surface area contributed by atoms with Gasteiger partial charge in [0.05, 0.1) is 15.8 Å². The SMILES string of the molecule is CCCCCCCCCCCCOCOC1CCC(CCCSC(=O)CCCCCCC)[SiH2]N(C)CC1. The van der Waals surface area contributed by atoms with Crippen molar-refractivity contribution in [2.75, 3.05) is 32.7 Å². The molecular formula is C31H63NO3SSi. The van der Waals surface area contributed by atoms with E-state index in [4.69, 9.17) is 9.47 Å². The Kier molecular flexibility index (Phi) is 25.0. The molecule has 0 saturated carbocycles. The molecule has 220 valence electrons. The maximum absolute atomic E-state index is 12.1. The number of hydrogen-bond acceptors (Lipinski definition) is 5. The van der Waals surface area contributed by atoms with Crippen molar-refractivity contribution in [1.82, 2.24) is 4.57 Å². The van der Waals surface area contributed by atoms with Gasteiger partial charge in [-0.15, -0.1) is 0 Å². The summed E-state index contributed by atoms with van der Waals surface area (Å²) in [6.45, 7) is 6.99. The minimum Gasteiger partial charge on any atom is -0.355 e. The molecule has 0 amide bonds. The van der Waals surface area contributed by atoms with E-state index in [1.54, 1.807) is 11.8 Å². The third-order valence-electron chi connectivity index (χ3n) is 7.83. The van der Waals surface area contributed by atoms with Gasteiger partial charge in [-0.05, 0) is 57.7 Å². The molecule has 0 spiro atoms. The van der Waals surface area contributed by atoms with Crippen LogP contribution in [-0.2, 0) is 14.3 Å². The third kappa shape index (κ3) is 22.6. The lowest BCUT2D eigenvalue weighted by Gasteiger charge is -2.30. The predicted octanol–water partition coefficient (Wildman–Crippen LogP) is 8.66. The second-order valence-electron chi connectivity index (χ2n) is 11.5. The zero-order valence-corrected chi connectivity index (χ0v) is 27.4. The average Bonchev–Trinajstić information content (AvgIpc) is 2.88. The summed E-state index contributed by atoms with van der Waals surface area (Å²) in [5.41, 5.74) is 0.855. The smallest absolute Gasteiger partial charge is 0.188 e.